The van der Waals surface area contributed by atoms with Gasteiger partial charge in [0.2, 0.25) is 5.78 Å². The molecular formula is C20H20O7. The minimum absolute atomic E-state index is 0.0666. The number of ketones is 1. The lowest BCUT2D eigenvalue weighted by Gasteiger charge is -2.23. The molecule has 0 saturated carbocycles. The van der Waals surface area contributed by atoms with Gasteiger partial charge in [0.15, 0.2) is 6.10 Å². The summed E-state index contributed by atoms with van der Waals surface area (Å²) >= 11 is 0. The molecule has 7 heteroatoms. The highest BCUT2D eigenvalue weighted by atomic mass is 16.7. The van der Waals surface area contributed by atoms with Gasteiger partial charge in [0.25, 0.3) is 6.29 Å². The second-order valence-corrected chi connectivity index (χ2v) is 5.50. The molecule has 0 bridgehead atoms. The number of benzene rings is 2. The molecule has 142 valence electrons. The van der Waals surface area contributed by atoms with Crippen molar-refractivity contribution in [2.75, 3.05) is 6.61 Å². The fourth-order valence-electron chi connectivity index (χ4n) is 2.34. The molecule has 2 aromatic rings. The number of hydrogen-bond acceptors (Lipinski definition) is 7. The number of carbonyl (C=O) groups excluding carboxylic acids is 3. The second-order valence-electron chi connectivity index (χ2n) is 5.50. The molecule has 27 heavy (non-hydrogen) atoms. The Morgan fingerprint density at radius 3 is 2.22 bits per heavy atom. The zero-order valence-electron chi connectivity index (χ0n) is 15.0. The minimum Gasteiger partial charge on any atom is -0.508 e. The van der Waals surface area contributed by atoms with Crippen molar-refractivity contribution in [3.63, 3.8) is 0 Å². The van der Waals surface area contributed by atoms with Crippen LogP contribution in [0, 0.1) is 0 Å². The molecule has 0 aromatic heterocycles. The summed E-state index contributed by atoms with van der Waals surface area (Å²) in [6, 6.07) is 14.0. The summed E-state index contributed by atoms with van der Waals surface area (Å²) in [5.41, 5.74) is 0.331. The molecule has 0 saturated heterocycles. The normalized spacial score (nSPS) is 12.7. The van der Waals surface area contributed by atoms with Crippen molar-refractivity contribution >= 4 is 17.7 Å². The molecule has 0 aliphatic carbocycles. The van der Waals surface area contributed by atoms with E-state index in [1.165, 1.54) is 24.3 Å². The average Bonchev–Trinajstić information content (AvgIpc) is 2.66. The van der Waals surface area contributed by atoms with Crippen molar-refractivity contribution in [1.29, 1.82) is 0 Å². The third kappa shape index (κ3) is 5.39. The lowest BCUT2D eigenvalue weighted by atomic mass is 10.1. The van der Waals surface area contributed by atoms with Gasteiger partial charge in [0.1, 0.15) is 5.75 Å². The number of hydrogen-bond donors (Lipinski definition) is 1. The fraction of sp³-hybridized carbons (Fsp3) is 0.250. The molecule has 2 rings (SSSR count). The average molecular weight is 372 g/mol. The lowest BCUT2D eigenvalue weighted by molar-refractivity contribution is -0.189. The highest BCUT2D eigenvalue weighted by Crippen LogP contribution is 2.29. The van der Waals surface area contributed by atoms with Crippen LogP contribution in [0.1, 0.15) is 35.9 Å². The Balaban J connectivity index is 2.37. The third-order valence-corrected chi connectivity index (χ3v) is 3.52. The van der Waals surface area contributed by atoms with Gasteiger partial charge < -0.3 is 19.3 Å². The molecule has 7 nitrogen and oxygen atoms in total. The van der Waals surface area contributed by atoms with Crippen LogP contribution in [-0.4, -0.2) is 35.7 Å². The summed E-state index contributed by atoms with van der Waals surface area (Å²) in [4.78, 5) is 36.5. The van der Waals surface area contributed by atoms with Crippen molar-refractivity contribution in [3.8, 4) is 5.75 Å². The van der Waals surface area contributed by atoms with Gasteiger partial charge in [-0.1, -0.05) is 48.5 Å². The minimum atomic E-state index is -1.68. The van der Waals surface area contributed by atoms with Gasteiger partial charge in [-0.3, -0.25) is 9.59 Å². The van der Waals surface area contributed by atoms with Crippen LogP contribution in [0.3, 0.4) is 0 Å². The molecule has 0 aliphatic rings. The Labute approximate surface area is 156 Å². The number of aromatic hydroxyl groups is 1. The summed E-state index contributed by atoms with van der Waals surface area (Å²) in [6.07, 6.45) is -3.14. The van der Waals surface area contributed by atoms with Gasteiger partial charge >= 0.3 is 11.9 Å². The number of para-hydroxylation sites is 1. The molecule has 0 aliphatic heterocycles. The molecule has 2 atom stereocenters. The third-order valence-electron chi connectivity index (χ3n) is 3.52. The standard InChI is InChI=1S/C20H20O7/c1-3-25-19(24)18(15-11-7-8-12-16(15)22)27-20(26-13(2)21)17(23)14-9-5-4-6-10-14/h4-12,18,20,22H,3H2,1-2H3. The smallest absolute Gasteiger partial charge is 0.340 e. The van der Waals surface area contributed by atoms with Crippen LogP contribution >= 0.6 is 0 Å². The van der Waals surface area contributed by atoms with E-state index in [1.807, 2.05) is 0 Å². The van der Waals surface area contributed by atoms with E-state index in [0.717, 1.165) is 6.92 Å². The monoisotopic (exact) mass is 372 g/mol. The molecule has 0 amide bonds. The Bertz CT molecular complexity index is 801. The van der Waals surface area contributed by atoms with Crippen molar-refractivity contribution in [2.24, 2.45) is 0 Å². The van der Waals surface area contributed by atoms with Gasteiger partial charge in [-0.25, -0.2) is 4.79 Å². The van der Waals surface area contributed by atoms with Gasteiger partial charge in [-0.15, -0.1) is 0 Å². The fourth-order valence-corrected chi connectivity index (χ4v) is 2.34. The SMILES string of the molecule is CCOC(=O)C(OC(OC(C)=O)C(=O)c1ccccc1)c1ccccc1O. The van der Waals surface area contributed by atoms with Crippen LogP contribution in [0.2, 0.25) is 0 Å². The van der Waals surface area contributed by atoms with Crippen LogP contribution in [0.15, 0.2) is 54.6 Å². The van der Waals surface area contributed by atoms with E-state index in [9.17, 15) is 19.5 Å². The van der Waals surface area contributed by atoms with Gasteiger partial charge in [-0.05, 0) is 13.0 Å². The number of ether oxygens (including phenoxy) is 3. The number of carbonyl (C=O) groups is 3. The topological polar surface area (TPSA) is 99.1 Å². The van der Waals surface area contributed by atoms with Crippen molar-refractivity contribution in [3.05, 3.63) is 65.7 Å². The van der Waals surface area contributed by atoms with E-state index in [-0.39, 0.29) is 23.5 Å². The first-order chi connectivity index (χ1) is 12.9. The largest absolute Gasteiger partial charge is 0.508 e. The zero-order chi connectivity index (χ0) is 19.8. The van der Waals surface area contributed by atoms with Crippen LogP contribution < -0.4 is 0 Å². The maximum Gasteiger partial charge on any atom is 0.340 e. The van der Waals surface area contributed by atoms with Gasteiger partial charge in [0, 0.05) is 18.1 Å². The predicted octanol–water partition coefficient (Wildman–Crippen LogP) is 2.79. The van der Waals surface area contributed by atoms with Crippen molar-refractivity contribution < 1.29 is 33.7 Å². The van der Waals surface area contributed by atoms with Crippen molar-refractivity contribution in [2.45, 2.75) is 26.2 Å². The number of phenolic OH excluding ortho intramolecular Hbond substituents is 1. The lowest BCUT2D eigenvalue weighted by Crippen LogP contribution is -2.34. The summed E-state index contributed by atoms with van der Waals surface area (Å²) in [5, 5.41) is 10.1. The van der Waals surface area contributed by atoms with Crippen molar-refractivity contribution in [1.82, 2.24) is 0 Å². The first kappa shape index (κ1) is 20.1. The number of rotatable bonds is 8. The summed E-state index contributed by atoms with van der Waals surface area (Å²) in [7, 11) is 0. The maximum absolute atomic E-state index is 12.7. The van der Waals surface area contributed by atoms with Gasteiger partial charge in [0.05, 0.1) is 6.61 Å². The second kappa shape index (κ2) is 9.49. The summed E-state index contributed by atoms with van der Waals surface area (Å²) < 4.78 is 15.5. The highest BCUT2D eigenvalue weighted by Gasteiger charge is 2.34. The Morgan fingerprint density at radius 2 is 1.63 bits per heavy atom. The van der Waals surface area contributed by atoms with E-state index in [4.69, 9.17) is 14.2 Å². The zero-order valence-corrected chi connectivity index (χ0v) is 15.0. The Morgan fingerprint density at radius 1 is 1.00 bits per heavy atom. The molecule has 2 aromatic carbocycles. The van der Waals surface area contributed by atoms with Crippen LogP contribution in [-0.2, 0) is 23.8 Å². The Hall–Kier alpha value is -3.19. The van der Waals surface area contributed by atoms with Crippen LogP contribution in [0.4, 0.5) is 0 Å². The quantitative estimate of drug-likeness (QED) is 0.432. The molecule has 0 spiro atoms. The molecule has 0 radical (unpaired) electrons. The molecular weight excluding hydrogens is 352 g/mol. The molecule has 1 N–H and O–H groups in total. The van der Waals surface area contributed by atoms with Crippen LogP contribution in [0.5, 0.6) is 5.75 Å². The Kier molecular flexibility index (Phi) is 7.08. The van der Waals surface area contributed by atoms with E-state index in [1.54, 1.807) is 37.3 Å². The summed E-state index contributed by atoms with van der Waals surface area (Å²) in [5.74, 6) is -2.44. The van der Waals surface area contributed by atoms with E-state index < -0.39 is 30.1 Å². The molecule has 2 unspecified atom stereocenters. The predicted molar refractivity (Wildman–Crippen MR) is 94.9 cm³/mol. The number of esters is 2. The summed E-state index contributed by atoms with van der Waals surface area (Å²) in [6.45, 7) is 2.80. The van der Waals surface area contributed by atoms with Crippen LogP contribution in [0.25, 0.3) is 0 Å². The number of Topliss-reactive ketones (excluding diaryl/α,β-unsaturated/α-hetero) is 1. The van der Waals surface area contributed by atoms with Gasteiger partial charge in [-0.2, -0.15) is 0 Å². The highest BCUT2D eigenvalue weighted by molar-refractivity contribution is 5.99. The first-order valence-electron chi connectivity index (χ1n) is 8.30. The van der Waals surface area contributed by atoms with E-state index >= 15 is 0 Å². The molecule has 0 heterocycles. The molecule has 0 fully saturated rings. The maximum atomic E-state index is 12.7. The van der Waals surface area contributed by atoms with E-state index in [0.29, 0.717) is 0 Å². The number of phenols is 1. The first-order valence-corrected chi connectivity index (χ1v) is 8.30. The van der Waals surface area contributed by atoms with E-state index in [2.05, 4.69) is 0 Å².